The highest BCUT2D eigenvalue weighted by Gasteiger charge is 2.18. The number of aromatic carboxylic acids is 1. The molecule has 1 aromatic heterocycles. The Hall–Kier alpha value is -3.57. The van der Waals surface area contributed by atoms with Gasteiger partial charge in [0.1, 0.15) is 9.88 Å². The average Bonchev–Trinajstić information content (AvgIpc) is 3.14. The van der Waals surface area contributed by atoms with Crippen molar-refractivity contribution in [2.24, 2.45) is 0 Å². The molecule has 0 spiro atoms. The Morgan fingerprint density at radius 1 is 1.07 bits per heavy atom. The fraction of sp³-hybridized carbons (Fsp3) is 0.190. The first-order valence-corrected chi connectivity index (χ1v) is 9.30. The van der Waals surface area contributed by atoms with E-state index >= 15 is 0 Å². The summed E-state index contributed by atoms with van der Waals surface area (Å²) in [6.45, 7) is 1.65. The summed E-state index contributed by atoms with van der Waals surface area (Å²) in [6.07, 6.45) is 0. The van der Waals surface area contributed by atoms with Crippen LogP contribution in [0, 0.1) is 18.3 Å². The van der Waals surface area contributed by atoms with E-state index in [2.05, 4.69) is 11.1 Å². The molecule has 0 aliphatic rings. The van der Waals surface area contributed by atoms with Crippen LogP contribution in [0.1, 0.15) is 20.9 Å². The average molecular weight is 410 g/mol. The van der Waals surface area contributed by atoms with E-state index in [0.29, 0.717) is 44.6 Å². The van der Waals surface area contributed by atoms with E-state index in [1.54, 1.807) is 31.2 Å². The lowest BCUT2D eigenvalue weighted by atomic mass is 9.97. The third kappa shape index (κ3) is 3.73. The highest BCUT2D eigenvalue weighted by molar-refractivity contribution is 7.17. The number of benzene rings is 2. The number of nitriles is 1. The lowest BCUT2D eigenvalue weighted by Gasteiger charge is -2.15. The maximum absolute atomic E-state index is 11.3. The SMILES string of the molecule is COc1cc(-c2ccc(-c3nc(C)c(C(=O)O)s3)cc2C#N)cc(OC)c1OC. The van der Waals surface area contributed by atoms with E-state index in [1.807, 2.05) is 6.07 Å². The van der Waals surface area contributed by atoms with Gasteiger partial charge in [-0.1, -0.05) is 12.1 Å². The van der Waals surface area contributed by atoms with Gasteiger partial charge in [-0.3, -0.25) is 0 Å². The fourth-order valence-corrected chi connectivity index (χ4v) is 3.88. The third-order valence-corrected chi connectivity index (χ3v) is 5.55. The number of carboxylic acids is 1. The van der Waals surface area contributed by atoms with Gasteiger partial charge in [0.05, 0.1) is 38.7 Å². The molecule has 0 fully saturated rings. The summed E-state index contributed by atoms with van der Waals surface area (Å²) in [6, 6.07) is 11.0. The second-order valence-electron chi connectivity index (χ2n) is 6.02. The number of hydrogen-bond acceptors (Lipinski definition) is 7. The van der Waals surface area contributed by atoms with Crippen molar-refractivity contribution in [2.45, 2.75) is 6.92 Å². The van der Waals surface area contributed by atoms with Gasteiger partial charge in [0, 0.05) is 5.56 Å². The molecule has 2 aromatic carbocycles. The fourth-order valence-electron chi connectivity index (χ4n) is 2.98. The monoisotopic (exact) mass is 410 g/mol. The second-order valence-corrected chi connectivity index (χ2v) is 7.02. The minimum absolute atomic E-state index is 0.187. The van der Waals surface area contributed by atoms with Crippen molar-refractivity contribution in [3.05, 3.63) is 46.5 Å². The number of thiazole rings is 1. The lowest BCUT2D eigenvalue weighted by molar-refractivity contribution is 0.0701. The molecule has 0 aliphatic heterocycles. The predicted octanol–water partition coefficient (Wildman–Crippen LogP) is 4.38. The summed E-state index contributed by atoms with van der Waals surface area (Å²) < 4.78 is 16.1. The summed E-state index contributed by atoms with van der Waals surface area (Å²) in [5, 5.41) is 19.5. The van der Waals surface area contributed by atoms with Crippen LogP contribution in [0.4, 0.5) is 0 Å². The highest BCUT2D eigenvalue weighted by Crippen LogP contribution is 2.42. The van der Waals surface area contributed by atoms with Gasteiger partial charge in [0.15, 0.2) is 11.5 Å². The number of hydrogen-bond donors (Lipinski definition) is 1. The van der Waals surface area contributed by atoms with Crippen LogP contribution in [0.3, 0.4) is 0 Å². The van der Waals surface area contributed by atoms with Crippen LogP contribution < -0.4 is 14.2 Å². The molecule has 0 bridgehead atoms. The molecule has 0 atom stereocenters. The first kappa shape index (κ1) is 20.2. The Morgan fingerprint density at radius 2 is 1.72 bits per heavy atom. The molecule has 1 N–H and O–H groups in total. The smallest absolute Gasteiger partial charge is 0.347 e. The summed E-state index contributed by atoms with van der Waals surface area (Å²) >= 11 is 1.08. The Kier molecular flexibility index (Phi) is 5.71. The van der Waals surface area contributed by atoms with Crippen LogP contribution >= 0.6 is 11.3 Å². The van der Waals surface area contributed by atoms with Crippen molar-refractivity contribution in [1.29, 1.82) is 5.26 Å². The number of ether oxygens (including phenoxy) is 3. The number of carbonyl (C=O) groups is 1. The Morgan fingerprint density at radius 3 is 2.21 bits per heavy atom. The Bertz CT molecular complexity index is 1110. The summed E-state index contributed by atoms with van der Waals surface area (Å²) in [5.41, 5.74) is 2.95. The molecule has 0 unspecified atom stereocenters. The molecule has 3 rings (SSSR count). The first-order valence-electron chi connectivity index (χ1n) is 8.49. The van der Waals surface area contributed by atoms with Crippen LogP contribution in [0.25, 0.3) is 21.7 Å². The summed E-state index contributed by atoms with van der Waals surface area (Å²) in [4.78, 5) is 15.8. The maximum atomic E-state index is 11.3. The predicted molar refractivity (Wildman–Crippen MR) is 109 cm³/mol. The van der Waals surface area contributed by atoms with Gasteiger partial charge in [-0.15, -0.1) is 11.3 Å². The van der Waals surface area contributed by atoms with Gasteiger partial charge in [-0.05, 0) is 36.2 Å². The Balaban J connectivity index is 2.12. The van der Waals surface area contributed by atoms with Crippen LogP contribution in [0.15, 0.2) is 30.3 Å². The first-order chi connectivity index (χ1) is 13.9. The number of carboxylic acid groups (broad SMARTS) is 1. The van der Waals surface area contributed by atoms with Crippen molar-refractivity contribution in [3.8, 4) is 45.0 Å². The van der Waals surface area contributed by atoms with Crippen LogP contribution in [-0.2, 0) is 0 Å². The van der Waals surface area contributed by atoms with E-state index in [0.717, 1.165) is 16.9 Å². The van der Waals surface area contributed by atoms with Crippen LogP contribution in [-0.4, -0.2) is 37.4 Å². The molecular weight excluding hydrogens is 392 g/mol. The molecule has 8 heteroatoms. The second kappa shape index (κ2) is 8.20. The molecule has 0 saturated carbocycles. The van der Waals surface area contributed by atoms with Gasteiger partial charge in [0.25, 0.3) is 0 Å². The largest absolute Gasteiger partial charge is 0.493 e. The molecule has 1 heterocycles. The van der Waals surface area contributed by atoms with Gasteiger partial charge < -0.3 is 19.3 Å². The molecular formula is C21H18N2O5S. The zero-order valence-electron chi connectivity index (χ0n) is 16.3. The zero-order valence-corrected chi connectivity index (χ0v) is 17.1. The minimum Gasteiger partial charge on any atom is -0.493 e. The maximum Gasteiger partial charge on any atom is 0.347 e. The molecule has 7 nitrogen and oxygen atoms in total. The third-order valence-electron chi connectivity index (χ3n) is 4.35. The molecule has 0 amide bonds. The quantitative estimate of drug-likeness (QED) is 0.643. The minimum atomic E-state index is -1.01. The number of methoxy groups -OCH3 is 3. The van der Waals surface area contributed by atoms with Crippen molar-refractivity contribution in [2.75, 3.05) is 21.3 Å². The van der Waals surface area contributed by atoms with Gasteiger partial charge in [-0.2, -0.15) is 5.26 Å². The van der Waals surface area contributed by atoms with Crippen molar-refractivity contribution in [3.63, 3.8) is 0 Å². The highest BCUT2D eigenvalue weighted by atomic mass is 32.1. The van der Waals surface area contributed by atoms with Gasteiger partial charge in [0.2, 0.25) is 5.75 Å². The lowest BCUT2D eigenvalue weighted by Crippen LogP contribution is -1.96. The van der Waals surface area contributed by atoms with E-state index in [9.17, 15) is 15.2 Å². The summed E-state index contributed by atoms with van der Waals surface area (Å²) in [5.74, 6) is 0.419. The number of aromatic nitrogens is 1. The molecule has 148 valence electrons. The molecule has 29 heavy (non-hydrogen) atoms. The van der Waals surface area contributed by atoms with E-state index < -0.39 is 5.97 Å². The number of rotatable bonds is 6. The standard InChI is InChI=1S/C21H18N2O5S/c1-11-19(21(24)25)29-20(23-11)12-5-6-15(14(7-12)10-22)13-8-16(26-2)18(28-4)17(9-13)27-3/h5-9H,1-4H3,(H,24,25). The molecule has 0 saturated heterocycles. The van der Waals surface area contributed by atoms with E-state index in [-0.39, 0.29) is 4.88 Å². The van der Waals surface area contributed by atoms with E-state index in [4.69, 9.17) is 14.2 Å². The zero-order chi connectivity index (χ0) is 21.1. The van der Waals surface area contributed by atoms with E-state index in [1.165, 1.54) is 21.3 Å². The van der Waals surface area contributed by atoms with Crippen LogP contribution in [0.2, 0.25) is 0 Å². The summed E-state index contributed by atoms with van der Waals surface area (Å²) in [7, 11) is 4.58. The number of aryl methyl sites for hydroxylation is 1. The van der Waals surface area contributed by atoms with Crippen molar-refractivity contribution in [1.82, 2.24) is 4.98 Å². The van der Waals surface area contributed by atoms with Crippen LogP contribution in [0.5, 0.6) is 17.2 Å². The van der Waals surface area contributed by atoms with Gasteiger partial charge >= 0.3 is 5.97 Å². The molecule has 0 aliphatic carbocycles. The molecule has 3 aromatic rings. The Labute approximate surface area is 171 Å². The van der Waals surface area contributed by atoms with Gasteiger partial charge in [-0.25, -0.2) is 9.78 Å². The number of nitrogens with zero attached hydrogens (tertiary/aromatic N) is 2. The topological polar surface area (TPSA) is 102 Å². The van der Waals surface area contributed by atoms with Crippen molar-refractivity contribution >= 4 is 17.3 Å². The normalized spacial score (nSPS) is 10.3. The van der Waals surface area contributed by atoms with Crippen molar-refractivity contribution < 1.29 is 24.1 Å². The molecule has 0 radical (unpaired) electrons.